The smallest absolute Gasteiger partial charge is 0.238 e. The minimum Gasteiger partial charge on any atom is -0.356 e. The van der Waals surface area contributed by atoms with Crippen LogP contribution in [0.1, 0.15) is 22.4 Å². The van der Waals surface area contributed by atoms with Crippen molar-refractivity contribution in [1.29, 1.82) is 0 Å². The predicted octanol–water partition coefficient (Wildman–Crippen LogP) is 1.46. The number of aryl methyl sites for hydroxylation is 1. The molecule has 0 aliphatic heterocycles. The van der Waals surface area contributed by atoms with E-state index >= 15 is 0 Å². The van der Waals surface area contributed by atoms with Crippen molar-refractivity contribution in [3.8, 4) is 0 Å². The van der Waals surface area contributed by atoms with E-state index in [1.165, 1.54) is 30.0 Å². The van der Waals surface area contributed by atoms with Gasteiger partial charge in [-0.1, -0.05) is 11.8 Å². The maximum atomic E-state index is 11.5. The fraction of sp³-hybridized carbons (Fsp3) is 0.444. The Balaban J connectivity index is 2.28. The monoisotopic (exact) mass is 244 g/mol. The summed E-state index contributed by atoms with van der Waals surface area (Å²) in [7, 11) is 0. The number of thioether (sulfide) groups is 1. The van der Waals surface area contributed by atoms with Gasteiger partial charge in [0.25, 0.3) is 0 Å². The van der Waals surface area contributed by atoms with Gasteiger partial charge in [-0.3, -0.25) is 9.59 Å². The van der Waals surface area contributed by atoms with Crippen LogP contribution in [0.3, 0.4) is 0 Å². The van der Waals surface area contributed by atoms with Gasteiger partial charge >= 0.3 is 0 Å². The first kappa shape index (κ1) is 12.2. The zero-order valence-electron chi connectivity index (χ0n) is 8.57. The van der Waals surface area contributed by atoms with Crippen molar-refractivity contribution >= 4 is 34.1 Å². The van der Waals surface area contributed by atoms with Crippen molar-refractivity contribution in [2.45, 2.75) is 13.8 Å². The van der Waals surface area contributed by atoms with Gasteiger partial charge in [0.2, 0.25) is 11.0 Å². The molecule has 4 nitrogen and oxygen atoms in total. The highest BCUT2D eigenvalue weighted by atomic mass is 32.2. The maximum Gasteiger partial charge on any atom is 0.238 e. The molecule has 0 saturated carbocycles. The molecule has 0 aliphatic carbocycles. The summed E-state index contributed by atoms with van der Waals surface area (Å²) >= 11 is 2.64. The van der Waals surface area contributed by atoms with Crippen LogP contribution in [0.5, 0.6) is 0 Å². The summed E-state index contributed by atoms with van der Waals surface area (Å²) in [6, 6.07) is 0. The van der Waals surface area contributed by atoms with Crippen LogP contribution >= 0.6 is 23.1 Å². The molecule has 0 spiro atoms. The molecule has 1 aromatic rings. The molecule has 0 radical (unpaired) electrons. The van der Waals surface area contributed by atoms with E-state index in [0.29, 0.717) is 18.0 Å². The summed E-state index contributed by atoms with van der Waals surface area (Å²) < 4.78 is 0. The fourth-order valence-electron chi connectivity index (χ4n) is 0.902. The Morgan fingerprint density at radius 1 is 1.60 bits per heavy atom. The first-order valence-corrected chi connectivity index (χ1v) is 6.30. The number of carbonyl (C=O) groups is 2. The van der Waals surface area contributed by atoms with E-state index in [1.54, 1.807) is 5.38 Å². The highest BCUT2D eigenvalue weighted by molar-refractivity contribution is 8.14. The van der Waals surface area contributed by atoms with E-state index in [9.17, 15) is 9.59 Å². The minimum atomic E-state index is -0.0763. The molecule has 1 amide bonds. The molecule has 0 aromatic carbocycles. The highest BCUT2D eigenvalue weighted by Gasteiger charge is 2.09. The second-order valence-corrected chi connectivity index (χ2v) is 5.00. The third-order valence-corrected chi connectivity index (χ3v) is 3.19. The van der Waals surface area contributed by atoms with E-state index in [1.807, 2.05) is 6.92 Å². The number of nitrogens with one attached hydrogen (secondary N) is 1. The van der Waals surface area contributed by atoms with E-state index < -0.39 is 0 Å². The van der Waals surface area contributed by atoms with Crippen molar-refractivity contribution in [1.82, 2.24) is 10.3 Å². The normalized spacial score (nSPS) is 10.0. The molecule has 0 bridgehead atoms. The lowest BCUT2D eigenvalue weighted by molar-refractivity contribution is -0.118. The average molecular weight is 244 g/mol. The molecule has 6 heteroatoms. The van der Waals surface area contributed by atoms with Crippen molar-refractivity contribution in [3.63, 3.8) is 0 Å². The molecule has 0 aliphatic rings. The molecule has 15 heavy (non-hydrogen) atoms. The summed E-state index contributed by atoms with van der Waals surface area (Å²) in [5.74, 6) is 0.502. The Morgan fingerprint density at radius 2 is 2.33 bits per heavy atom. The van der Waals surface area contributed by atoms with E-state index in [0.717, 1.165) is 5.01 Å². The van der Waals surface area contributed by atoms with Crippen LogP contribution in [0.25, 0.3) is 0 Å². The molecule has 0 fully saturated rings. The Kier molecular flexibility index (Phi) is 4.77. The molecule has 1 heterocycles. The van der Waals surface area contributed by atoms with Crippen molar-refractivity contribution < 1.29 is 9.59 Å². The zero-order valence-corrected chi connectivity index (χ0v) is 10.2. The van der Waals surface area contributed by atoms with Gasteiger partial charge in [0.1, 0.15) is 5.69 Å². The van der Waals surface area contributed by atoms with E-state index in [-0.39, 0.29) is 11.0 Å². The standard InChI is InChI=1S/C9H12N2O2S2/c1-6(12)10-3-4-14-9(13)8-5-15-7(2)11-8/h5H,3-4H2,1-2H3,(H,10,12). The largest absolute Gasteiger partial charge is 0.356 e. The van der Waals surface area contributed by atoms with Crippen molar-refractivity contribution in [2.24, 2.45) is 0 Å². The van der Waals surface area contributed by atoms with Crippen molar-refractivity contribution in [2.75, 3.05) is 12.3 Å². The summed E-state index contributed by atoms with van der Waals surface area (Å²) in [5.41, 5.74) is 0.505. The third-order valence-electron chi connectivity index (χ3n) is 1.54. The molecule has 1 rings (SSSR count). The summed E-state index contributed by atoms with van der Waals surface area (Å²) in [6.45, 7) is 3.83. The number of rotatable bonds is 4. The number of aromatic nitrogens is 1. The molecular formula is C9H12N2O2S2. The first-order chi connectivity index (χ1) is 7.09. The first-order valence-electron chi connectivity index (χ1n) is 4.43. The number of thiazole rings is 1. The van der Waals surface area contributed by atoms with Crippen LogP contribution in [0, 0.1) is 6.92 Å². The Morgan fingerprint density at radius 3 is 2.87 bits per heavy atom. The Hall–Kier alpha value is -0.880. The third kappa shape index (κ3) is 4.44. The molecule has 82 valence electrons. The molecule has 1 N–H and O–H groups in total. The second kappa shape index (κ2) is 5.87. The van der Waals surface area contributed by atoms with Gasteiger partial charge < -0.3 is 5.32 Å². The highest BCUT2D eigenvalue weighted by Crippen LogP contribution is 2.14. The SMILES string of the molecule is CC(=O)NCCSC(=O)c1csc(C)n1. The van der Waals surface area contributed by atoms with Gasteiger partial charge in [0.15, 0.2) is 0 Å². The van der Waals surface area contributed by atoms with Crippen LogP contribution in [-0.2, 0) is 4.79 Å². The number of hydrogen-bond donors (Lipinski definition) is 1. The van der Waals surface area contributed by atoms with Crippen LogP contribution in [0.2, 0.25) is 0 Å². The second-order valence-electron chi connectivity index (χ2n) is 2.87. The quantitative estimate of drug-likeness (QED) is 0.815. The summed E-state index contributed by atoms with van der Waals surface area (Å²) in [4.78, 5) is 26.1. The van der Waals surface area contributed by atoms with Crippen molar-refractivity contribution in [3.05, 3.63) is 16.1 Å². The number of nitrogens with zero attached hydrogens (tertiary/aromatic N) is 1. The van der Waals surface area contributed by atoms with Crippen LogP contribution in [0.15, 0.2) is 5.38 Å². The number of hydrogen-bond acceptors (Lipinski definition) is 5. The lowest BCUT2D eigenvalue weighted by Crippen LogP contribution is -2.22. The average Bonchev–Trinajstić information content (AvgIpc) is 2.59. The zero-order chi connectivity index (χ0) is 11.3. The summed E-state index contributed by atoms with van der Waals surface area (Å²) in [6.07, 6.45) is 0. The van der Waals surface area contributed by atoms with Gasteiger partial charge in [0.05, 0.1) is 5.01 Å². The lowest BCUT2D eigenvalue weighted by Gasteiger charge is -1.99. The Labute approximate surface area is 96.5 Å². The fourth-order valence-corrected chi connectivity index (χ4v) is 2.21. The van der Waals surface area contributed by atoms with E-state index in [2.05, 4.69) is 10.3 Å². The van der Waals surface area contributed by atoms with Gasteiger partial charge in [0, 0.05) is 24.6 Å². The molecule has 0 saturated heterocycles. The van der Waals surface area contributed by atoms with Gasteiger partial charge in [-0.25, -0.2) is 4.98 Å². The molecule has 0 unspecified atom stereocenters. The van der Waals surface area contributed by atoms with Crippen LogP contribution < -0.4 is 5.32 Å². The lowest BCUT2D eigenvalue weighted by atomic mass is 10.5. The number of amides is 1. The number of carbonyl (C=O) groups excluding carboxylic acids is 2. The van der Waals surface area contributed by atoms with Gasteiger partial charge in [-0.15, -0.1) is 11.3 Å². The van der Waals surface area contributed by atoms with E-state index in [4.69, 9.17) is 0 Å². The Bertz CT molecular complexity index is 363. The molecular weight excluding hydrogens is 232 g/mol. The molecule has 1 aromatic heterocycles. The van der Waals surface area contributed by atoms with Crippen LogP contribution in [0.4, 0.5) is 0 Å². The van der Waals surface area contributed by atoms with Gasteiger partial charge in [-0.05, 0) is 6.92 Å². The minimum absolute atomic E-state index is 0.0373. The van der Waals surface area contributed by atoms with Crippen LogP contribution in [-0.4, -0.2) is 28.3 Å². The predicted molar refractivity (Wildman–Crippen MR) is 62.3 cm³/mol. The maximum absolute atomic E-state index is 11.5. The summed E-state index contributed by atoms with van der Waals surface area (Å²) in [5, 5.41) is 5.23. The topological polar surface area (TPSA) is 59.1 Å². The van der Waals surface area contributed by atoms with Gasteiger partial charge in [-0.2, -0.15) is 0 Å². The molecule has 0 atom stereocenters.